The summed E-state index contributed by atoms with van der Waals surface area (Å²) < 4.78 is 5.22. The van der Waals surface area contributed by atoms with Gasteiger partial charge in [0.1, 0.15) is 12.1 Å². The molecule has 0 aliphatic heterocycles. The monoisotopic (exact) mass is 271 g/mol. The third kappa shape index (κ3) is 4.70. The maximum Gasteiger partial charge on any atom is 0.246 e. The van der Waals surface area contributed by atoms with Crippen molar-refractivity contribution in [2.45, 2.75) is 57.4 Å². The fraction of sp³-hybridized carbons (Fsp3) is 0.846. The van der Waals surface area contributed by atoms with Gasteiger partial charge in [-0.1, -0.05) is 37.8 Å². The first-order chi connectivity index (χ1) is 9.14. The number of nitrogens with one attached hydrogen (secondary N) is 1. The standard InChI is InChI=1S/C13H25N3O3/c1-2-9-19-10-11(17)15-13(12(14)16-18)7-5-3-4-6-8-13/h18H,2-10H2,1H3,(H2,14,16)(H,15,17). The third-order valence-corrected chi connectivity index (χ3v) is 3.52. The van der Waals surface area contributed by atoms with Gasteiger partial charge in [0.25, 0.3) is 0 Å². The lowest BCUT2D eigenvalue weighted by molar-refractivity contribution is -0.127. The summed E-state index contributed by atoms with van der Waals surface area (Å²) in [6.07, 6.45) is 6.45. The first-order valence-corrected chi connectivity index (χ1v) is 7.01. The molecule has 0 aromatic carbocycles. The summed E-state index contributed by atoms with van der Waals surface area (Å²) >= 11 is 0. The fourth-order valence-electron chi connectivity index (χ4n) is 2.49. The van der Waals surface area contributed by atoms with Crippen LogP contribution in [-0.4, -0.2) is 35.7 Å². The van der Waals surface area contributed by atoms with Crippen molar-refractivity contribution in [2.75, 3.05) is 13.2 Å². The molecule has 1 amide bonds. The number of carbonyl (C=O) groups excluding carboxylic acids is 1. The van der Waals surface area contributed by atoms with Crippen LogP contribution in [0, 0.1) is 0 Å². The van der Waals surface area contributed by atoms with Crippen molar-refractivity contribution in [3.63, 3.8) is 0 Å². The van der Waals surface area contributed by atoms with Gasteiger partial charge in [-0.25, -0.2) is 0 Å². The van der Waals surface area contributed by atoms with E-state index in [4.69, 9.17) is 15.7 Å². The predicted octanol–water partition coefficient (Wildman–Crippen LogP) is 1.37. The summed E-state index contributed by atoms with van der Waals surface area (Å²) in [5.74, 6) is -0.111. The van der Waals surface area contributed by atoms with Crippen molar-refractivity contribution >= 4 is 11.7 Å². The number of rotatable bonds is 6. The van der Waals surface area contributed by atoms with E-state index in [1.54, 1.807) is 0 Å². The van der Waals surface area contributed by atoms with E-state index in [2.05, 4.69) is 10.5 Å². The molecule has 0 bridgehead atoms. The Morgan fingerprint density at radius 3 is 2.53 bits per heavy atom. The van der Waals surface area contributed by atoms with Crippen molar-refractivity contribution < 1.29 is 14.7 Å². The van der Waals surface area contributed by atoms with Crippen LogP contribution in [-0.2, 0) is 9.53 Å². The molecule has 1 fully saturated rings. The summed E-state index contributed by atoms with van der Waals surface area (Å²) in [6, 6.07) is 0. The van der Waals surface area contributed by atoms with Gasteiger partial charge in [0.05, 0.1) is 0 Å². The highest BCUT2D eigenvalue weighted by Crippen LogP contribution is 2.27. The minimum Gasteiger partial charge on any atom is -0.409 e. The molecule has 1 aliphatic carbocycles. The topological polar surface area (TPSA) is 96.9 Å². The van der Waals surface area contributed by atoms with Crippen molar-refractivity contribution in [1.82, 2.24) is 5.32 Å². The van der Waals surface area contributed by atoms with Crippen LogP contribution in [0.1, 0.15) is 51.9 Å². The second-order valence-corrected chi connectivity index (χ2v) is 5.08. The minimum atomic E-state index is -0.710. The summed E-state index contributed by atoms with van der Waals surface area (Å²) in [4.78, 5) is 11.9. The molecular formula is C13H25N3O3. The average Bonchev–Trinajstić information content (AvgIpc) is 2.64. The van der Waals surface area contributed by atoms with Gasteiger partial charge in [0.2, 0.25) is 5.91 Å². The molecule has 1 rings (SSSR count). The minimum absolute atomic E-state index is 0.0221. The normalized spacial score (nSPS) is 19.7. The Labute approximate surface area is 114 Å². The van der Waals surface area contributed by atoms with Crippen LogP contribution < -0.4 is 11.1 Å². The van der Waals surface area contributed by atoms with Crippen molar-refractivity contribution in [1.29, 1.82) is 0 Å². The maximum absolute atomic E-state index is 11.9. The van der Waals surface area contributed by atoms with E-state index in [9.17, 15) is 4.79 Å². The number of hydrogen-bond donors (Lipinski definition) is 3. The first-order valence-electron chi connectivity index (χ1n) is 7.01. The summed E-state index contributed by atoms with van der Waals surface area (Å²) in [5, 5.41) is 15.0. The quantitative estimate of drug-likeness (QED) is 0.170. The van der Waals surface area contributed by atoms with Gasteiger partial charge in [-0.15, -0.1) is 0 Å². The molecule has 0 radical (unpaired) electrons. The number of nitrogens with zero attached hydrogens (tertiary/aromatic N) is 1. The Kier molecular flexibility index (Phi) is 6.62. The lowest BCUT2D eigenvalue weighted by Gasteiger charge is -2.32. The van der Waals surface area contributed by atoms with Gasteiger partial charge >= 0.3 is 0 Å². The molecule has 110 valence electrons. The van der Waals surface area contributed by atoms with E-state index in [1.165, 1.54) is 0 Å². The molecule has 1 saturated carbocycles. The van der Waals surface area contributed by atoms with Crippen LogP contribution in [0.15, 0.2) is 5.16 Å². The summed E-state index contributed by atoms with van der Waals surface area (Å²) in [7, 11) is 0. The van der Waals surface area contributed by atoms with Crippen LogP contribution in [0.4, 0.5) is 0 Å². The molecule has 1 aliphatic rings. The molecule has 0 spiro atoms. The maximum atomic E-state index is 11.9. The zero-order valence-corrected chi connectivity index (χ0v) is 11.7. The number of ether oxygens (including phenoxy) is 1. The van der Waals surface area contributed by atoms with Gasteiger partial charge in [-0.2, -0.15) is 0 Å². The highest BCUT2D eigenvalue weighted by atomic mass is 16.5. The average molecular weight is 271 g/mol. The van der Waals surface area contributed by atoms with Crippen LogP contribution in [0.5, 0.6) is 0 Å². The molecule has 6 heteroatoms. The van der Waals surface area contributed by atoms with Gasteiger partial charge in [-0.3, -0.25) is 4.79 Å². The number of hydrogen-bond acceptors (Lipinski definition) is 4. The van der Waals surface area contributed by atoms with Crippen LogP contribution in [0.25, 0.3) is 0 Å². The summed E-state index contributed by atoms with van der Waals surface area (Å²) in [6.45, 7) is 2.57. The molecule has 19 heavy (non-hydrogen) atoms. The molecule has 0 saturated heterocycles. The van der Waals surface area contributed by atoms with Crippen LogP contribution in [0.3, 0.4) is 0 Å². The highest BCUT2D eigenvalue weighted by Gasteiger charge is 2.37. The molecule has 4 N–H and O–H groups in total. The van der Waals surface area contributed by atoms with Gasteiger partial charge in [0, 0.05) is 6.61 Å². The van der Waals surface area contributed by atoms with E-state index in [1.807, 2.05) is 6.92 Å². The highest BCUT2D eigenvalue weighted by molar-refractivity contribution is 5.94. The third-order valence-electron chi connectivity index (χ3n) is 3.52. The van der Waals surface area contributed by atoms with Crippen LogP contribution in [0.2, 0.25) is 0 Å². The molecule has 0 unspecified atom stereocenters. The molecular weight excluding hydrogens is 246 g/mol. The van der Waals surface area contributed by atoms with E-state index in [-0.39, 0.29) is 18.3 Å². The molecule has 0 atom stereocenters. The number of nitrogens with two attached hydrogens (primary N) is 1. The van der Waals surface area contributed by atoms with Gasteiger partial charge < -0.3 is 21.0 Å². The SMILES string of the molecule is CCCOCC(=O)NC1(C(N)=NO)CCCCCC1. The lowest BCUT2D eigenvalue weighted by Crippen LogP contribution is -2.58. The smallest absolute Gasteiger partial charge is 0.246 e. The number of carbonyl (C=O) groups is 1. The predicted molar refractivity (Wildman–Crippen MR) is 73.1 cm³/mol. The van der Waals surface area contributed by atoms with E-state index in [0.717, 1.165) is 32.1 Å². The number of amidine groups is 1. The molecule has 0 heterocycles. The van der Waals surface area contributed by atoms with E-state index >= 15 is 0 Å². The largest absolute Gasteiger partial charge is 0.409 e. The van der Waals surface area contributed by atoms with E-state index < -0.39 is 5.54 Å². The number of oxime groups is 1. The fourth-order valence-corrected chi connectivity index (χ4v) is 2.49. The Bertz CT molecular complexity index is 310. The Morgan fingerprint density at radius 2 is 2.00 bits per heavy atom. The molecule has 0 aromatic heterocycles. The zero-order valence-electron chi connectivity index (χ0n) is 11.7. The van der Waals surface area contributed by atoms with Gasteiger partial charge in [0.15, 0.2) is 5.84 Å². The Balaban J connectivity index is 2.66. The van der Waals surface area contributed by atoms with Crippen molar-refractivity contribution in [3.8, 4) is 0 Å². The van der Waals surface area contributed by atoms with Crippen molar-refractivity contribution in [3.05, 3.63) is 0 Å². The molecule has 0 aromatic rings. The lowest BCUT2D eigenvalue weighted by atomic mass is 9.88. The van der Waals surface area contributed by atoms with Crippen molar-refractivity contribution in [2.24, 2.45) is 10.9 Å². The zero-order chi connectivity index (χ0) is 14.1. The number of amides is 1. The second kappa shape index (κ2) is 7.99. The first kappa shape index (κ1) is 15.8. The van der Waals surface area contributed by atoms with Gasteiger partial charge in [-0.05, 0) is 19.3 Å². The second-order valence-electron chi connectivity index (χ2n) is 5.08. The Morgan fingerprint density at radius 1 is 1.37 bits per heavy atom. The Hall–Kier alpha value is -1.30. The van der Waals surface area contributed by atoms with Crippen LogP contribution >= 0.6 is 0 Å². The summed E-state index contributed by atoms with van der Waals surface area (Å²) in [5.41, 5.74) is 5.09. The molecule has 6 nitrogen and oxygen atoms in total. The van der Waals surface area contributed by atoms with E-state index in [0.29, 0.717) is 19.4 Å².